The summed E-state index contributed by atoms with van der Waals surface area (Å²) < 4.78 is 0. The van der Waals surface area contributed by atoms with Gasteiger partial charge in [0.2, 0.25) is 0 Å². The molecule has 3 rings (SSSR count). The highest BCUT2D eigenvalue weighted by molar-refractivity contribution is 5.35. The molecule has 2 atom stereocenters. The maximum atomic E-state index is 3.57. The van der Waals surface area contributed by atoms with E-state index in [2.05, 4.69) is 29.6 Å². The van der Waals surface area contributed by atoms with Crippen LogP contribution in [-0.2, 0) is 6.42 Å². The Morgan fingerprint density at radius 3 is 3.17 bits per heavy atom. The molecule has 0 saturated carbocycles. The average Bonchev–Trinajstić information content (AvgIpc) is 2.49. The van der Waals surface area contributed by atoms with Gasteiger partial charge in [-0.3, -0.25) is 0 Å². The Kier molecular flexibility index (Phi) is 1.30. The fourth-order valence-electron chi connectivity index (χ4n) is 2.60. The first kappa shape index (κ1) is 6.67. The van der Waals surface area contributed by atoms with E-state index < -0.39 is 0 Å². The Balaban J connectivity index is 2.13. The monoisotopic (exact) mass is 159 g/mol. The molecule has 2 bridgehead atoms. The zero-order valence-corrected chi connectivity index (χ0v) is 7.09. The molecular weight excluding hydrogens is 146 g/mol. The third-order valence-corrected chi connectivity index (χ3v) is 3.18. The van der Waals surface area contributed by atoms with Gasteiger partial charge in [0.15, 0.2) is 0 Å². The molecule has 1 fully saturated rings. The zero-order valence-electron chi connectivity index (χ0n) is 7.09. The summed E-state index contributed by atoms with van der Waals surface area (Å²) in [5, 5.41) is 3.57. The first-order valence-electron chi connectivity index (χ1n) is 4.74. The minimum Gasteiger partial charge on any atom is -0.313 e. The van der Waals surface area contributed by atoms with Crippen LogP contribution in [0.5, 0.6) is 0 Å². The number of nitrogens with one attached hydrogen (secondary N) is 1. The van der Waals surface area contributed by atoms with Gasteiger partial charge in [0.05, 0.1) is 0 Å². The molecule has 0 spiro atoms. The second-order valence-corrected chi connectivity index (χ2v) is 3.94. The van der Waals surface area contributed by atoms with Gasteiger partial charge in [-0.2, -0.15) is 0 Å². The third-order valence-electron chi connectivity index (χ3n) is 3.18. The van der Waals surface area contributed by atoms with E-state index in [9.17, 15) is 0 Å². The average molecular weight is 159 g/mol. The molecule has 1 heterocycles. The van der Waals surface area contributed by atoms with Crippen molar-refractivity contribution in [2.24, 2.45) is 0 Å². The number of hydrogen-bond donors (Lipinski definition) is 1. The van der Waals surface area contributed by atoms with Crippen LogP contribution in [-0.4, -0.2) is 12.6 Å². The Labute approximate surface area is 72.8 Å². The molecule has 2 aliphatic rings. The minimum absolute atomic E-state index is 0.768. The van der Waals surface area contributed by atoms with E-state index in [0.717, 1.165) is 12.0 Å². The molecule has 1 aliphatic carbocycles. The molecule has 2 unspecified atom stereocenters. The van der Waals surface area contributed by atoms with E-state index >= 15 is 0 Å². The molecule has 62 valence electrons. The third kappa shape index (κ3) is 0.831. The Bertz CT molecular complexity index is 306. The Morgan fingerprint density at radius 2 is 2.17 bits per heavy atom. The SMILES string of the molecule is c1ccc2c(c1)CC1CC2CN1. The van der Waals surface area contributed by atoms with E-state index in [1.54, 1.807) is 11.1 Å². The highest BCUT2D eigenvalue weighted by Gasteiger charge is 2.31. The highest BCUT2D eigenvalue weighted by Crippen LogP contribution is 2.34. The van der Waals surface area contributed by atoms with Crippen molar-refractivity contribution in [2.45, 2.75) is 24.8 Å². The van der Waals surface area contributed by atoms with Crippen molar-refractivity contribution in [3.63, 3.8) is 0 Å². The largest absolute Gasteiger partial charge is 0.313 e. The predicted molar refractivity (Wildman–Crippen MR) is 49.3 cm³/mol. The molecule has 0 aromatic heterocycles. The number of benzene rings is 1. The van der Waals surface area contributed by atoms with Crippen LogP contribution in [0, 0.1) is 0 Å². The summed E-state index contributed by atoms with van der Waals surface area (Å²) in [7, 11) is 0. The van der Waals surface area contributed by atoms with Crippen molar-refractivity contribution in [1.29, 1.82) is 0 Å². The van der Waals surface area contributed by atoms with Crippen molar-refractivity contribution in [1.82, 2.24) is 5.32 Å². The normalized spacial score (nSPS) is 31.7. The van der Waals surface area contributed by atoms with Crippen molar-refractivity contribution < 1.29 is 0 Å². The summed E-state index contributed by atoms with van der Waals surface area (Å²) >= 11 is 0. The van der Waals surface area contributed by atoms with Crippen LogP contribution < -0.4 is 5.32 Å². The van der Waals surface area contributed by atoms with Gasteiger partial charge in [0.1, 0.15) is 0 Å². The zero-order chi connectivity index (χ0) is 7.97. The topological polar surface area (TPSA) is 12.0 Å². The predicted octanol–water partition coefficient (Wildman–Crippen LogP) is 1.69. The summed E-state index contributed by atoms with van der Waals surface area (Å²) in [5.41, 5.74) is 3.17. The minimum atomic E-state index is 0.768. The summed E-state index contributed by atoms with van der Waals surface area (Å²) in [5.74, 6) is 0.806. The van der Waals surface area contributed by atoms with Crippen molar-refractivity contribution >= 4 is 0 Å². The molecule has 0 radical (unpaired) electrons. The van der Waals surface area contributed by atoms with Crippen molar-refractivity contribution in [3.8, 4) is 0 Å². The first-order chi connectivity index (χ1) is 5.93. The van der Waals surface area contributed by atoms with Gasteiger partial charge in [-0.05, 0) is 29.9 Å². The molecule has 1 saturated heterocycles. The standard InChI is InChI=1S/C11H13N/c1-2-4-11-8(3-1)5-10-6-9(11)7-12-10/h1-4,9-10,12H,5-7H2. The summed E-state index contributed by atoms with van der Waals surface area (Å²) in [6, 6.07) is 9.66. The van der Waals surface area contributed by atoms with Gasteiger partial charge in [-0.25, -0.2) is 0 Å². The van der Waals surface area contributed by atoms with Gasteiger partial charge in [-0.15, -0.1) is 0 Å². The lowest BCUT2D eigenvalue weighted by Gasteiger charge is -2.21. The smallest absolute Gasteiger partial charge is 0.0114 e. The van der Waals surface area contributed by atoms with Gasteiger partial charge in [-0.1, -0.05) is 24.3 Å². The highest BCUT2D eigenvalue weighted by atomic mass is 15.0. The quantitative estimate of drug-likeness (QED) is 0.607. The summed E-state index contributed by atoms with van der Waals surface area (Å²) in [6.45, 7) is 1.20. The molecule has 1 aromatic carbocycles. The number of hydrogen-bond acceptors (Lipinski definition) is 1. The van der Waals surface area contributed by atoms with Crippen LogP contribution in [0.15, 0.2) is 24.3 Å². The lowest BCUT2D eigenvalue weighted by atomic mass is 9.84. The van der Waals surface area contributed by atoms with Crippen molar-refractivity contribution in [2.75, 3.05) is 6.54 Å². The molecule has 0 amide bonds. The van der Waals surface area contributed by atoms with Crippen LogP contribution >= 0.6 is 0 Å². The van der Waals surface area contributed by atoms with E-state index in [1.807, 2.05) is 0 Å². The van der Waals surface area contributed by atoms with Crippen LogP contribution in [0.3, 0.4) is 0 Å². The van der Waals surface area contributed by atoms with Crippen molar-refractivity contribution in [3.05, 3.63) is 35.4 Å². The molecule has 12 heavy (non-hydrogen) atoms. The Hall–Kier alpha value is -0.820. The number of rotatable bonds is 0. The van der Waals surface area contributed by atoms with Gasteiger partial charge >= 0.3 is 0 Å². The molecule has 1 N–H and O–H groups in total. The molecule has 1 heteroatoms. The molecular formula is C11H13N. The number of fused-ring (bicyclic) bond motifs is 4. The molecule has 1 aliphatic heterocycles. The van der Waals surface area contributed by atoms with Gasteiger partial charge in [0, 0.05) is 12.6 Å². The van der Waals surface area contributed by atoms with Crippen LogP contribution in [0.25, 0.3) is 0 Å². The van der Waals surface area contributed by atoms with E-state index in [0.29, 0.717) is 0 Å². The second-order valence-electron chi connectivity index (χ2n) is 3.94. The molecule has 1 aromatic rings. The Morgan fingerprint density at radius 1 is 1.25 bits per heavy atom. The molecule has 1 nitrogen and oxygen atoms in total. The second kappa shape index (κ2) is 2.33. The first-order valence-corrected chi connectivity index (χ1v) is 4.74. The fourth-order valence-corrected chi connectivity index (χ4v) is 2.60. The van der Waals surface area contributed by atoms with Gasteiger partial charge in [0.25, 0.3) is 0 Å². The van der Waals surface area contributed by atoms with E-state index in [-0.39, 0.29) is 0 Å². The van der Waals surface area contributed by atoms with Crippen LogP contribution in [0.4, 0.5) is 0 Å². The summed E-state index contributed by atoms with van der Waals surface area (Å²) in [4.78, 5) is 0. The lowest BCUT2D eigenvalue weighted by Crippen LogP contribution is -2.23. The van der Waals surface area contributed by atoms with Crippen LogP contribution in [0.2, 0.25) is 0 Å². The maximum absolute atomic E-state index is 3.57. The summed E-state index contributed by atoms with van der Waals surface area (Å²) in [6.07, 6.45) is 2.60. The van der Waals surface area contributed by atoms with Crippen LogP contribution in [0.1, 0.15) is 23.5 Å². The fraction of sp³-hybridized carbons (Fsp3) is 0.455. The van der Waals surface area contributed by atoms with E-state index in [4.69, 9.17) is 0 Å². The van der Waals surface area contributed by atoms with Gasteiger partial charge < -0.3 is 5.32 Å². The maximum Gasteiger partial charge on any atom is 0.0114 e. The van der Waals surface area contributed by atoms with E-state index in [1.165, 1.54) is 19.4 Å². The lowest BCUT2D eigenvalue weighted by molar-refractivity contribution is 0.575.